The molecule has 1 aromatic rings. The lowest BCUT2D eigenvalue weighted by Crippen LogP contribution is -2.31. The molecule has 0 amide bonds. The van der Waals surface area contributed by atoms with Gasteiger partial charge in [0, 0.05) is 17.0 Å². The van der Waals surface area contributed by atoms with Gasteiger partial charge < -0.3 is 14.2 Å². The van der Waals surface area contributed by atoms with Crippen LogP contribution in [0.5, 0.6) is 0 Å². The molecular formula is C15H17BrCl2O4. The van der Waals surface area contributed by atoms with E-state index in [1.54, 1.807) is 18.2 Å². The normalized spacial score (nSPS) is 24.5. The largest absolute Gasteiger partial charge is 0.463 e. The minimum Gasteiger partial charge on any atom is -0.463 e. The van der Waals surface area contributed by atoms with Crippen LogP contribution in [0.15, 0.2) is 18.2 Å². The number of benzene rings is 1. The summed E-state index contributed by atoms with van der Waals surface area (Å²) < 4.78 is 16.9. The van der Waals surface area contributed by atoms with Gasteiger partial charge in [0.15, 0.2) is 0 Å². The minimum absolute atomic E-state index is 0.165. The summed E-state index contributed by atoms with van der Waals surface area (Å²) in [7, 11) is 0. The maximum absolute atomic E-state index is 11.4. The molecule has 22 heavy (non-hydrogen) atoms. The van der Waals surface area contributed by atoms with Gasteiger partial charge in [0.2, 0.25) is 5.79 Å². The molecule has 0 unspecified atom stereocenters. The smallest absolute Gasteiger partial charge is 0.305 e. The van der Waals surface area contributed by atoms with Gasteiger partial charge in [-0.1, -0.05) is 52.1 Å². The quantitative estimate of drug-likeness (QED) is 0.517. The Kier molecular flexibility index (Phi) is 6.53. The summed E-state index contributed by atoms with van der Waals surface area (Å²) >= 11 is 15.6. The lowest BCUT2D eigenvalue weighted by molar-refractivity contribution is -0.168. The number of esters is 1. The topological polar surface area (TPSA) is 44.8 Å². The summed E-state index contributed by atoms with van der Waals surface area (Å²) in [5.74, 6) is -1.23. The monoisotopic (exact) mass is 410 g/mol. The summed E-state index contributed by atoms with van der Waals surface area (Å²) in [4.78, 5) is 11.4. The van der Waals surface area contributed by atoms with Crippen molar-refractivity contribution in [3.8, 4) is 0 Å². The zero-order valence-corrected chi connectivity index (χ0v) is 15.2. The standard InChI is InChI=1S/C15H17BrCl2O4/c1-2-3-14(19)20-7-11-8-21-15(9-16,22-11)12-5-4-10(17)6-13(12)18/h4-6,11H,2-3,7-9H2,1H3/t11-,15-/m0/s1. The van der Waals surface area contributed by atoms with E-state index in [0.717, 1.165) is 6.42 Å². The third kappa shape index (κ3) is 4.15. The number of hydrogen-bond donors (Lipinski definition) is 0. The van der Waals surface area contributed by atoms with Crippen LogP contribution < -0.4 is 0 Å². The predicted molar refractivity (Wildman–Crippen MR) is 88.6 cm³/mol. The van der Waals surface area contributed by atoms with Crippen LogP contribution in [0.25, 0.3) is 0 Å². The number of rotatable bonds is 6. The zero-order valence-electron chi connectivity index (χ0n) is 12.1. The summed E-state index contributed by atoms with van der Waals surface area (Å²) in [6.45, 7) is 2.41. The molecule has 4 nitrogen and oxygen atoms in total. The van der Waals surface area contributed by atoms with Crippen molar-refractivity contribution in [1.29, 1.82) is 0 Å². The van der Waals surface area contributed by atoms with E-state index in [1.807, 2.05) is 6.92 Å². The molecule has 0 N–H and O–H groups in total. The van der Waals surface area contributed by atoms with Crippen LogP contribution in [0.3, 0.4) is 0 Å². The summed E-state index contributed by atoms with van der Waals surface area (Å²) in [6, 6.07) is 5.15. The first kappa shape index (κ1) is 18.0. The Hall–Kier alpha value is -0.330. The van der Waals surface area contributed by atoms with Crippen LogP contribution in [0, 0.1) is 0 Å². The van der Waals surface area contributed by atoms with E-state index >= 15 is 0 Å². The third-order valence-corrected chi connectivity index (χ3v) is 4.55. The van der Waals surface area contributed by atoms with Gasteiger partial charge in [-0.15, -0.1) is 0 Å². The molecule has 122 valence electrons. The summed E-state index contributed by atoms with van der Waals surface area (Å²) in [6.07, 6.45) is 0.831. The molecule has 7 heteroatoms. The van der Waals surface area contributed by atoms with E-state index in [-0.39, 0.29) is 18.7 Å². The van der Waals surface area contributed by atoms with Crippen LogP contribution in [-0.2, 0) is 24.8 Å². The minimum atomic E-state index is -0.997. The Morgan fingerprint density at radius 1 is 1.50 bits per heavy atom. The molecule has 0 spiro atoms. The number of carbonyl (C=O) groups excluding carboxylic acids is 1. The molecular weight excluding hydrogens is 395 g/mol. The average Bonchev–Trinajstić information content (AvgIpc) is 2.90. The second kappa shape index (κ2) is 7.97. The molecule has 1 aliphatic rings. The highest BCUT2D eigenvalue weighted by atomic mass is 79.9. The van der Waals surface area contributed by atoms with Gasteiger partial charge in [-0.25, -0.2) is 0 Å². The van der Waals surface area contributed by atoms with Gasteiger partial charge in [-0.3, -0.25) is 4.79 Å². The highest BCUT2D eigenvalue weighted by Crippen LogP contribution is 2.40. The second-order valence-electron chi connectivity index (χ2n) is 4.99. The Labute approximate surface area is 148 Å². The fraction of sp³-hybridized carbons (Fsp3) is 0.533. The maximum atomic E-state index is 11.4. The highest BCUT2D eigenvalue weighted by Gasteiger charge is 2.44. The van der Waals surface area contributed by atoms with Crippen LogP contribution >= 0.6 is 39.1 Å². The zero-order chi connectivity index (χ0) is 16.2. The van der Waals surface area contributed by atoms with Crippen molar-refractivity contribution < 1.29 is 19.0 Å². The first-order valence-corrected chi connectivity index (χ1v) is 8.87. The molecule has 0 saturated carbocycles. The number of carbonyl (C=O) groups is 1. The second-order valence-corrected chi connectivity index (χ2v) is 6.40. The van der Waals surface area contributed by atoms with Crippen molar-refractivity contribution in [1.82, 2.24) is 0 Å². The molecule has 0 bridgehead atoms. The molecule has 0 aliphatic carbocycles. The van der Waals surface area contributed by atoms with Crippen LogP contribution in [0.1, 0.15) is 25.3 Å². The summed E-state index contributed by atoms with van der Waals surface area (Å²) in [5.41, 5.74) is 0.692. The molecule has 2 rings (SSSR count). The van der Waals surface area contributed by atoms with E-state index in [2.05, 4.69) is 15.9 Å². The van der Waals surface area contributed by atoms with Crippen LogP contribution in [0.2, 0.25) is 10.0 Å². The maximum Gasteiger partial charge on any atom is 0.305 e. The molecule has 1 aliphatic heterocycles. The molecule has 1 aromatic carbocycles. The average molecular weight is 412 g/mol. The highest BCUT2D eigenvalue weighted by molar-refractivity contribution is 9.09. The van der Waals surface area contributed by atoms with Crippen molar-refractivity contribution in [3.05, 3.63) is 33.8 Å². The van der Waals surface area contributed by atoms with E-state index in [9.17, 15) is 4.79 Å². The fourth-order valence-electron chi connectivity index (χ4n) is 2.19. The van der Waals surface area contributed by atoms with Crippen molar-refractivity contribution in [3.63, 3.8) is 0 Å². The Bertz CT molecular complexity index is 540. The fourth-order valence-corrected chi connectivity index (χ4v) is 3.34. The van der Waals surface area contributed by atoms with Crippen molar-refractivity contribution >= 4 is 45.1 Å². The molecule has 1 heterocycles. The number of hydrogen-bond acceptors (Lipinski definition) is 4. The molecule has 2 atom stereocenters. The third-order valence-electron chi connectivity index (χ3n) is 3.26. The molecule has 0 aromatic heterocycles. The van der Waals surface area contributed by atoms with Gasteiger partial charge in [-0.2, -0.15) is 0 Å². The van der Waals surface area contributed by atoms with Gasteiger partial charge in [-0.05, 0) is 18.6 Å². The van der Waals surface area contributed by atoms with Crippen molar-refractivity contribution in [2.24, 2.45) is 0 Å². The van der Waals surface area contributed by atoms with E-state index in [4.69, 9.17) is 37.4 Å². The molecule has 0 radical (unpaired) electrons. The Morgan fingerprint density at radius 3 is 2.91 bits per heavy atom. The van der Waals surface area contributed by atoms with Crippen molar-refractivity contribution in [2.45, 2.75) is 31.7 Å². The Morgan fingerprint density at radius 2 is 2.27 bits per heavy atom. The number of alkyl halides is 1. The van der Waals surface area contributed by atoms with Crippen LogP contribution in [-0.4, -0.2) is 30.6 Å². The van der Waals surface area contributed by atoms with Crippen molar-refractivity contribution in [2.75, 3.05) is 18.5 Å². The lowest BCUT2D eigenvalue weighted by Gasteiger charge is -2.27. The Balaban J connectivity index is 2.05. The molecule has 1 saturated heterocycles. The van der Waals surface area contributed by atoms with Gasteiger partial charge in [0.05, 0.1) is 17.0 Å². The van der Waals surface area contributed by atoms with E-state index in [1.165, 1.54) is 0 Å². The van der Waals surface area contributed by atoms with E-state index < -0.39 is 5.79 Å². The number of ether oxygens (including phenoxy) is 3. The first-order chi connectivity index (χ1) is 10.5. The summed E-state index contributed by atoms with van der Waals surface area (Å²) in [5, 5.41) is 1.41. The first-order valence-electron chi connectivity index (χ1n) is 6.99. The van der Waals surface area contributed by atoms with Gasteiger partial charge in [0.1, 0.15) is 12.7 Å². The lowest BCUT2D eigenvalue weighted by atomic mass is 10.1. The van der Waals surface area contributed by atoms with Gasteiger partial charge >= 0.3 is 5.97 Å². The van der Waals surface area contributed by atoms with Crippen LogP contribution in [0.4, 0.5) is 0 Å². The van der Waals surface area contributed by atoms with Gasteiger partial charge in [0.25, 0.3) is 0 Å². The SMILES string of the molecule is CCCC(=O)OC[C@H]1CO[C@](CBr)(c2ccc(Cl)cc2Cl)O1. The number of halogens is 3. The van der Waals surface area contributed by atoms with E-state index in [0.29, 0.717) is 34.0 Å². The predicted octanol–water partition coefficient (Wildman–Crippen LogP) is 4.30. The molecule has 1 fully saturated rings.